The van der Waals surface area contributed by atoms with E-state index in [2.05, 4.69) is 25.7 Å². The fourth-order valence-corrected chi connectivity index (χ4v) is 0.671. The van der Waals surface area contributed by atoms with Gasteiger partial charge in [-0.15, -0.1) is 0 Å². The standard InChI is InChI=1S/C6H15N.Pb/c1-4-7(5-2)6-3;/h4-6H2,1-3H3;. The maximum absolute atomic E-state index is 2.38. The Morgan fingerprint density at radius 2 is 1.12 bits per heavy atom. The van der Waals surface area contributed by atoms with Crippen LogP contribution in [0.4, 0.5) is 0 Å². The molecule has 0 heterocycles. The Balaban J connectivity index is 0. The zero-order valence-corrected chi connectivity index (χ0v) is 9.96. The van der Waals surface area contributed by atoms with Gasteiger partial charge in [0.2, 0.25) is 0 Å². The van der Waals surface area contributed by atoms with Crippen LogP contribution in [0.15, 0.2) is 0 Å². The minimum atomic E-state index is 0. The molecule has 0 atom stereocenters. The number of hydrogen-bond donors (Lipinski definition) is 0. The molecule has 8 heavy (non-hydrogen) atoms. The molecule has 0 saturated carbocycles. The van der Waals surface area contributed by atoms with Crippen LogP contribution in [0, 0.1) is 0 Å². The zero-order chi connectivity index (χ0) is 5.70. The minimum absolute atomic E-state index is 0. The first-order valence-electron chi connectivity index (χ1n) is 3.07. The molecule has 0 saturated heterocycles. The molecule has 0 spiro atoms. The van der Waals surface area contributed by atoms with Crippen LogP contribution >= 0.6 is 0 Å². The summed E-state index contributed by atoms with van der Waals surface area (Å²) in [7, 11) is 0. The predicted octanol–water partition coefficient (Wildman–Crippen LogP) is 0.967. The SMILES string of the molecule is CCN(CC)CC.[Pb]. The normalized spacial score (nSPS) is 9.00. The molecule has 0 rings (SSSR count). The molecule has 0 N–H and O–H groups in total. The molecule has 48 valence electrons. The first-order chi connectivity index (χ1) is 3.35. The van der Waals surface area contributed by atoms with Crippen LogP contribution < -0.4 is 0 Å². The van der Waals surface area contributed by atoms with Crippen LogP contribution in [0.1, 0.15) is 20.8 Å². The van der Waals surface area contributed by atoms with Crippen molar-refractivity contribution in [3.8, 4) is 0 Å². The smallest absolute Gasteiger partial charge is 0 e. The Labute approximate surface area is 72.6 Å². The van der Waals surface area contributed by atoms with Gasteiger partial charge in [0, 0.05) is 27.3 Å². The molecular weight excluding hydrogens is 293 g/mol. The van der Waals surface area contributed by atoms with Crippen molar-refractivity contribution in [1.82, 2.24) is 4.90 Å². The second-order valence-electron chi connectivity index (χ2n) is 1.62. The molecule has 1 nitrogen and oxygen atoms in total. The second kappa shape index (κ2) is 7.88. The molecule has 0 fully saturated rings. The van der Waals surface area contributed by atoms with E-state index in [-0.39, 0.29) is 27.3 Å². The molecule has 0 aliphatic heterocycles. The number of nitrogens with zero attached hydrogens (tertiary/aromatic N) is 1. The molecule has 0 aliphatic rings. The summed E-state index contributed by atoms with van der Waals surface area (Å²) >= 11 is 0. The van der Waals surface area contributed by atoms with Crippen molar-refractivity contribution >= 4 is 27.3 Å². The van der Waals surface area contributed by atoms with Crippen LogP contribution in [0.5, 0.6) is 0 Å². The average Bonchev–Trinajstić information content (AvgIpc) is 1.72. The van der Waals surface area contributed by atoms with E-state index >= 15 is 0 Å². The van der Waals surface area contributed by atoms with Gasteiger partial charge in [0.1, 0.15) is 0 Å². The Morgan fingerprint density at radius 1 is 0.875 bits per heavy atom. The summed E-state index contributed by atoms with van der Waals surface area (Å²) in [4.78, 5) is 2.38. The molecule has 2 heteroatoms. The van der Waals surface area contributed by atoms with Crippen molar-refractivity contribution in [1.29, 1.82) is 0 Å². The van der Waals surface area contributed by atoms with E-state index in [1.54, 1.807) is 0 Å². The zero-order valence-electron chi connectivity index (χ0n) is 6.07. The van der Waals surface area contributed by atoms with Gasteiger partial charge in [0.15, 0.2) is 0 Å². The van der Waals surface area contributed by atoms with Gasteiger partial charge in [-0.3, -0.25) is 0 Å². The van der Waals surface area contributed by atoms with Crippen LogP contribution in [0.3, 0.4) is 0 Å². The first kappa shape index (κ1) is 11.7. The molecule has 0 amide bonds. The van der Waals surface area contributed by atoms with Crippen molar-refractivity contribution in [3.05, 3.63) is 0 Å². The van der Waals surface area contributed by atoms with Crippen LogP contribution in [-0.2, 0) is 0 Å². The Hall–Kier alpha value is 0.882. The van der Waals surface area contributed by atoms with E-state index in [4.69, 9.17) is 0 Å². The van der Waals surface area contributed by atoms with E-state index in [0.29, 0.717) is 0 Å². The third-order valence-electron chi connectivity index (χ3n) is 1.34. The van der Waals surface area contributed by atoms with Crippen LogP contribution in [0.25, 0.3) is 0 Å². The number of hydrogen-bond acceptors (Lipinski definition) is 1. The van der Waals surface area contributed by atoms with E-state index in [9.17, 15) is 0 Å². The number of rotatable bonds is 3. The first-order valence-corrected chi connectivity index (χ1v) is 3.07. The molecule has 0 aliphatic carbocycles. The third-order valence-corrected chi connectivity index (χ3v) is 1.34. The summed E-state index contributed by atoms with van der Waals surface area (Å²) in [6.45, 7) is 10.1. The predicted molar refractivity (Wildman–Crippen MR) is 39.2 cm³/mol. The van der Waals surface area contributed by atoms with E-state index in [1.807, 2.05) is 0 Å². The molecule has 0 unspecified atom stereocenters. The van der Waals surface area contributed by atoms with Gasteiger partial charge >= 0.3 is 0 Å². The van der Waals surface area contributed by atoms with Crippen molar-refractivity contribution in [2.75, 3.05) is 19.6 Å². The molecule has 0 bridgehead atoms. The Kier molecular flexibility index (Phi) is 11.5. The van der Waals surface area contributed by atoms with Crippen LogP contribution in [0.2, 0.25) is 0 Å². The summed E-state index contributed by atoms with van der Waals surface area (Å²) in [5.41, 5.74) is 0. The quantitative estimate of drug-likeness (QED) is 0.702. The van der Waals surface area contributed by atoms with Gasteiger partial charge in [-0.05, 0) is 19.6 Å². The van der Waals surface area contributed by atoms with E-state index in [1.165, 1.54) is 19.6 Å². The fourth-order valence-electron chi connectivity index (χ4n) is 0.671. The minimum Gasteiger partial charge on any atom is -0.304 e. The fraction of sp³-hybridized carbons (Fsp3) is 1.00. The van der Waals surface area contributed by atoms with Crippen molar-refractivity contribution < 1.29 is 0 Å². The Morgan fingerprint density at radius 3 is 1.12 bits per heavy atom. The molecule has 0 aromatic heterocycles. The molecule has 0 aromatic rings. The maximum Gasteiger partial charge on any atom is 0 e. The van der Waals surface area contributed by atoms with Gasteiger partial charge in [-0.2, -0.15) is 0 Å². The van der Waals surface area contributed by atoms with Crippen LogP contribution in [-0.4, -0.2) is 51.8 Å². The summed E-state index contributed by atoms with van der Waals surface area (Å²) in [6, 6.07) is 0. The van der Waals surface area contributed by atoms with Crippen molar-refractivity contribution in [3.63, 3.8) is 0 Å². The van der Waals surface area contributed by atoms with Crippen molar-refractivity contribution in [2.24, 2.45) is 0 Å². The summed E-state index contributed by atoms with van der Waals surface area (Å²) < 4.78 is 0. The molecule has 4 radical (unpaired) electrons. The second-order valence-corrected chi connectivity index (χ2v) is 1.62. The monoisotopic (exact) mass is 309 g/mol. The summed E-state index contributed by atoms with van der Waals surface area (Å²) in [5.74, 6) is 0. The molecular formula is C6H15NPb. The molecule has 0 aromatic carbocycles. The summed E-state index contributed by atoms with van der Waals surface area (Å²) in [6.07, 6.45) is 0. The average molecular weight is 308 g/mol. The third kappa shape index (κ3) is 5.03. The van der Waals surface area contributed by atoms with E-state index < -0.39 is 0 Å². The van der Waals surface area contributed by atoms with Gasteiger partial charge in [-0.1, -0.05) is 20.8 Å². The summed E-state index contributed by atoms with van der Waals surface area (Å²) in [5, 5.41) is 0. The largest absolute Gasteiger partial charge is 0.304 e. The Bertz CT molecular complexity index is 30.0. The van der Waals surface area contributed by atoms with Gasteiger partial charge in [0.25, 0.3) is 0 Å². The van der Waals surface area contributed by atoms with Gasteiger partial charge < -0.3 is 4.90 Å². The van der Waals surface area contributed by atoms with Gasteiger partial charge in [-0.25, -0.2) is 0 Å². The van der Waals surface area contributed by atoms with E-state index in [0.717, 1.165) is 0 Å². The topological polar surface area (TPSA) is 3.24 Å². The maximum atomic E-state index is 2.38. The van der Waals surface area contributed by atoms with Crippen molar-refractivity contribution in [2.45, 2.75) is 20.8 Å². The van der Waals surface area contributed by atoms with Gasteiger partial charge in [0.05, 0.1) is 0 Å².